The number of hydrogen-bond donors (Lipinski definition) is 1. The van der Waals surface area contributed by atoms with Gasteiger partial charge in [-0.15, -0.1) is 0 Å². The van der Waals surface area contributed by atoms with Crippen LogP contribution in [0.25, 0.3) is 0 Å². The number of likely N-dealkylation sites (N-methyl/N-ethyl adjacent to an activating group) is 1. The van der Waals surface area contributed by atoms with Gasteiger partial charge in [-0.1, -0.05) is 6.92 Å². The van der Waals surface area contributed by atoms with E-state index in [1.165, 1.54) is 5.56 Å². The van der Waals surface area contributed by atoms with Crippen molar-refractivity contribution in [2.24, 2.45) is 0 Å². The molecule has 1 aromatic heterocycles. The maximum absolute atomic E-state index is 4.40. The number of hydrogen-bond acceptors (Lipinski definition) is 5. The van der Waals surface area contributed by atoms with Gasteiger partial charge < -0.3 is 10.2 Å². The molecule has 5 nitrogen and oxygen atoms in total. The maximum atomic E-state index is 4.40. The van der Waals surface area contributed by atoms with Crippen molar-refractivity contribution in [1.82, 2.24) is 20.2 Å². The molecule has 0 spiro atoms. The molecule has 100 valence electrons. The van der Waals surface area contributed by atoms with E-state index in [-0.39, 0.29) is 0 Å². The molecule has 0 bridgehead atoms. The summed E-state index contributed by atoms with van der Waals surface area (Å²) in [5.74, 6) is 0.822. The van der Waals surface area contributed by atoms with E-state index in [9.17, 15) is 0 Å². The van der Waals surface area contributed by atoms with Crippen LogP contribution in [0.3, 0.4) is 0 Å². The van der Waals surface area contributed by atoms with Crippen LogP contribution in [0.5, 0.6) is 0 Å². The highest BCUT2D eigenvalue weighted by atomic mass is 15.3. The van der Waals surface area contributed by atoms with E-state index in [1.807, 2.05) is 12.4 Å². The summed E-state index contributed by atoms with van der Waals surface area (Å²) in [7, 11) is 2.06. The Morgan fingerprint density at radius 2 is 1.94 bits per heavy atom. The monoisotopic (exact) mass is 249 g/mol. The van der Waals surface area contributed by atoms with Crippen LogP contribution in [-0.2, 0) is 6.42 Å². The number of piperazine rings is 1. The molecule has 0 atom stereocenters. The lowest BCUT2D eigenvalue weighted by atomic mass is 10.3. The van der Waals surface area contributed by atoms with Crippen molar-refractivity contribution < 1.29 is 0 Å². The summed E-state index contributed by atoms with van der Waals surface area (Å²) in [6, 6.07) is 0. The first-order valence-electron chi connectivity index (χ1n) is 6.74. The topological polar surface area (TPSA) is 44.3 Å². The lowest BCUT2D eigenvalue weighted by molar-refractivity contribution is 0.246. The van der Waals surface area contributed by atoms with Crippen molar-refractivity contribution in [1.29, 1.82) is 0 Å². The zero-order chi connectivity index (χ0) is 12.8. The van der Waals surface area contributed by atoms with Gasteiger partial charge in [0.1, 0.15) is 0 Å². The van der Waals surface area contributed by atoms with Crippen molar-refractivity contribution in [3.8, 4) is 0 Å². The van der Waals surface area contributed by atoms with Gasteiger partial charge in [0.2, 0.25) is 5.95 Å². The molecule has 0 saturated carbocycles. The van der Waals surface area contributed by atoms with Crippen molar-refractivity contribution in [2.75, 3.05) is 51.2 Å². The smallest absolute Gasteiger partial charge is 0.225 e. The van der Waals surface area contributed by atoms with Gasteiger partial charge >= 0.3 is 0 Å². The van der Waals surface area contributed by atoms with Crippen LogP contribution in [-0.4, -0.2) is 61.2 Å². The highest BCUT2D eigenvalue weighted by Gasteiger charge is 2.11. The van der Waals surface area contributed by atoms with Crippen molar-refractivity contribution in [2.45, 2.75) is 13.3 Å². The molecular formula is C13H23N5. The molecule has 1 N–H and O–H groups in total. The molecule has 0 aromatic carbocycles. The van der Waals surface area contributed by atoms with Crippen molar-refractivity contribution >= 4 is 5.95 Å². The van der Waals surface area contributed by atoms with E-state index < -0.39 is 0 Å². The Morgan fingerprint density at radius 3 is 2.56 bits per heavy atom. The van der Waals surface area contributed by atoms with Crippen LogP contribution in [0.1, 0.15) is 12.5 Å². The van der Waals surface area contributed by atoms with E-state index in [2.05, 4.69) is 39.1 Å². The maximum Gasteiger partial charge on any atom is 0.225 e. The third kappa shape index (κ3) is 3.65. The fourth-order valence-electron chi connectivity index (χ4n) is 2.05. The molecule has 0 amide bonds. The molecule has 0 radical (unpaired) electrons. The molecule has 1 fully saturated rings. The Morgan fingerprint density at radius 1 is 1.28 bits per heavy atom. The summed E-state index contributed by atoms with van der Waals surface area (Å²) in [5.41, 5.74) is 1.19. The fourth-order valence-corrected chi connectivity index (χ4v) is 2.05. The predicted octanol–water partition coefficient (Wildman–Crippen LogP) is 0.380. The van der Waals surface area contributed by atoms with E-state index in [4.69, 9.17) is 0 Å². The predicted molar refractivity (Wildman–Crippen MR) is 74.0 cm³/mol. The number of nitrogens with one attached hydrogen (secondary N) is 1. The van der Waals surface area contributed by atoms with Gasteiger partial charge in [-0.3, -0.25) is 4.90 Å². The van der Waals surface area contributed by atoms with Gasteiger partial charge in [-0.05, 0) is 12.0 Å². The number of anilines is 1. The van der Waals surface area contributed by atoms with Gasteiger partial charge in [0, 0.05) is 58.7 Å². The molecular weight excluding hydrogens is 226 g/mol. The van der Waals surface area contributed by atoms with Gasteiger partial charge in [0.05, 0.1) is 0 Å². The number of nitrogens with zero attached hydrogens (tertiary/aromatic N) is 4. The van der Waals surface area contributed by atoms with Gasteiger partial charge in [0.15, 0.2) is 0 Å². The Bertz CT molecular complexity index is 345. The van der Waals surface area contributed by atoms with E-state index in [0.717, 1.165) is 51.6 Å². The van der Waals surface area contributed by atoms with Crippen LogP contribution < -0.4 is 10.2 Å². The molecule has 18 heavy (non-hydrogen) atoms. The average Bonchev–Trinajstić information content (AvgIpc) is 2.46. The zero-order valence-electron chi connectivity index (χ0n) is 11.4. The van der Waals surface area contributed by atoms with E-state index >= 15 is 0 Å². The van der Waals surface area contributed by atoms with Gasteiger partial charge in [-0.25, -0.2) is 9.97 Å². The number of aromatic nitrogens is 2. The summed E-state index contributed by atoms with van der Waals surface area (Å²) in [6.45, 7) is 8.67. The minimum atomic E-state index is 0.822. The second-order valence-electron chi connectivity index (χ2n) is 4.76. The minimum Gasteiger partial charge on any atom is -0.343 e. The second kappa shape index (κ2) is 6.66. The van der Waals surface area contributed by atoms with Crippen molar-refractivity contribution in [3.63, 3.8) is 0 Å². The fraction of sp³-hybridized carbons (Fsp3) is 0.692. The summed E-state index contributed by atoms with van der Waals surface area (Å²) in [5, 5.41) is 3.37. The summed E-state index contributed by atoms with van der Waals surface area (Å²) < 4.78 is 0. The van der Waals surface area contributed by atoms with Crippen molar-refractivity contribution in [3.05, 3.63) is 18.0 Å². The molecule has 2 rings (SSSR count). The molecule has 0 unspecified atom stereocenters. The Kier molecular flexibility index (Phi) is 4.90. The Labute approximate surface area is 109 Å². The van der Waals surface area contributed by atoms with E-state index in [0.29, 0.717) is 0 Å². The molecule has 0 aliphatic carbocycles. The van der Waals surface area contributed by atoms with Crippen LogP contribution in [0.15, 0.2) is 12.4 Å². The molecule has 1 aliphatic rings. The largest absolute Gasteiger partial charge is 0.343 e. The number of aryl methyl sites for hydroxylation is 1. The second-order valence-corrected chi connectivity index (χ2v) is 4.76. The number of rotatable bonds is 5. The lowest BCUT2D eigenvalue weighted by Crippen LogP contribution is -2.46. The third-order valence-corrected chi connectivity index (χ3v) is 3.40. The normalized spacial score (nSPS) is 16.8. The zero-order valence-corrected chi connectivity index (χ0v) is 11.4. The SMILES string of the molecule is CCc1cnc(N(C)CCN2CCNCC2)nc1. The highest BCUT2D eigenvalue weighted by molar-refractivity contribution is 5.28. The summed E-state index contributed by atoms with van der Waals surface area (Å²) >= 11 is 0. The minimum absolute atomic E-state index is 0.822. The standard InChI is InChI=1S/C13H23N5/c1-3-12-10-15-13(16-11-12)17(2)8-9-18-6-4-14-5-7-18/h10-11,14H,3-9H2,1-2H3. The molecule has 2 heterocycles. The summed E-state index contributed by atoms with van der Waals surface area (Å²) in [6.07, 6.45) is 4.83. The lowest BCUT2D eigenvalue weighted by Gasteiger charge is -2.29. The summed E-state index contributed by atoms with van der Waals surface area (Å²) in [4.78, 5) is 13.4. The molecule has 1 saturated heterocycles. The average molecular weight is 249 g/mol. The quantitative estimate of drug-likeness (QED) is 0.817. The van der Waals surface area contributed by atoms with Gasteiger partial charge in [-0.2, -0.15) is 0 Å². The first-order chi connectivity index (χ1) is 8.79. The Hall–Kier alpha value is -1.20. The highest BCUT2D eigenvalue weighted by Crippen LogP contribution is 2.05. The molecule has 1 aliphatic heterocycles. The first-order valence-corrected chi connectivity index (χ1v) is 6.74. The third-order valence-electron chi connectivity index (χ3n) is 3.40. The van der Waals surface area contributed by atoms with Gasteiger partial charge in [0.25, 0.3) is 0 Å². The van der Waals surface area contributed by atoms with Crippen LogP contribution in [0.2, 0.25) is 0 Å². The van der Waals surface area contributed by atoms with Crippen LogP contribution in [0.4, 0.5) is 5.95 Å². The Balaban J connectivity index is 1.80. The van der Waals surface area contributed by atoms with Crippen LogP contribution in [0, 0.1) is 0 Å². The van der Waals surface area contributed by atoms with Crippen LogP contribution >= 0.6 is 0 Å². The molecule has 5 heteroatoms. The first kappa shape index (κ1) is 13.2. The molecule has 1 aromatic rings. The van der Waals surface area contributed by atoms with E-state index in [1.54, 1.807) is 0 Å².